The van der Waals surface area contributed by atoms with Crippen molar-refractivity contribution in [3.05, 3.63) is 0 Å². The van der Waals surface area contributed by atoms with E-state index in [1.807, 2.05) is 0 Å². The lowest BCUT2D eigenvalue weighted by atomic mass is 10.1. The van der Waals surface area contributed by atoms with Crippen LogP contribution in [0.2, 0.25) is 0 Å². The molecule has 2 heteroatoms. The number of hydrogen-bond acceptors (Lipinski definition) is 2. The topological polar surface area (TPSA) is 15.3 Å². The summed E-state index contributed by atoms with van der Waals surface area (Å²) in [5.41, 5.74) is 0. The van der Waals surface area contributed by atoms with Gasteiger partial charge >= 0.3 is 0 Å². The minimum absolute atomic E-state index is 0.839. The number of rotatable bonds is 2. The standard InChI is InChI=1S/C8H18N2/c1-3-8-5-6-9-7-10(8)4-2/h8-9H,3-7H2,1-2H3. The first-order valence-electron chi connectivity index (χ1n) is 4.33. The molecule has 0 aromatic heterocycles. The summed E-state index contributed by atoms with van der Waals surface area (Å²) in [6.45, 7) is 7.99. The number of nitrogens with one attached hydrogen (secondary N) is 1. The third-order valence-electron chi connectivity index (χ3n) is 2.36. The highest BCUT2D eigenvalue weighted by atomic mass is 15.3. The van der Waals surface area contributed by atoms with Gasteiger partial charge in [0.05, 0.1) is 0 Å². The van der Waals surface area contributed by atoms with Crippen LogP contribution in [0, 0.1) is 0 Å². The van der Waals surface area contributed by atoms with E-state index in [9.17, 15) is 0 Å². The molecular formula is C8H18N2. The van der Waals surface area contributed by atoms with E-state index < -0.39 is 0 Å². The van der Waals surface area contributed by atoms with Gasteiger partial charge in [0, 0.05) is 12.7 Å². The molecule has 1 rings (SSSR count). The second-order valence-corrected chi connectivity index (χ2v) is 2.91. The first-order chi connectivity index (χ1) is 4.88. The van der Waals surface area contributed by atoms with E-state index in [1.165, 1.54) is 25.9 Å². The van der Waals surface area contributed by atoms with Crippen molar-refractivity contribution in [1.82, 2.24) is 10.2 Å². The van der Waals surface area contributed by atoms with Gasteiger partial charge in [-0.25, -0.2) is 0 Å². The average Bonchev–Trinajstić information content (AvgIpc) is 2.04. The van der Waals surface area contributed by atoms with Crippen molar-refractivity contribution in [1.29, 1.82) is 0 Å². The van der Waals surface area contributed by atoms with Crippen molar-refractivity contribution in [2.75, 3.05) is 19.8 Å². The molecule has 0 aromatic carbocycles. The molecule has 1 heterocycles. The zero-order chi connectivity index (χ0) is 7.40. The summed E-state index contributed by atoms with van der Waals surface area (Å²) in [4.78, 5) is 2.50. The Bertz CT molecular complexity index is 81.3. The van der Waals surface area contributed by atoms with Gasteiger partial charge in [-0.05, 0) is 25.9 Å². The van der Waals surface area contributed by atoms with Crippen LogP contribution >= 0.6 is 0 Å². The van der Waals surface area contributed by atoms with Crippen molar-refractivity contribution in [2.45, 2.75) is 32.7 Å². The fourth-order valence-corrected chi connectivity index (χ4v) is 1.64. The molecular weight excluding hydrogens is 124 g/mol. The minimum Gasteiger partial charge on any atom is -0.304 e. The predicted molar refractivity (Wildman–Crippen MR) is 43.9 cm³/mol. The highest BCUT2D eigenvalue weighted by Crippen LogP contribution is 2.09. The van der Waals surface area contributed by atoms with Gasteiger partial charge in [-0.1, -0.05) is 13.8 Å². The normalized spacial score (nSPS) is 28.8. The van der Waals surface area contributed by atoms with Gasteiger partial charge in [-0.15, -0.1) is 0 Å². The van der Waals surface area contributed by atoms with Gasteiger partial charge < -0.3 is 5.32 Å². The van der Waals surface area contributed by atoms with Crippen LogP contribution in [-0.2, 0) is 0 Å². The van der Waals surface area contributed by atoms with Gasteiger partial charge in [-0.2, -0.15) is 0 Å². The summed E-state index contributed by atoms with van der Waals surface area (Å²) in [6, 6.07) is 0.839. The summed E-state index contributed by atoms with van der Waals surface area (Å²) in [5.74, 6) is 0. The maximum atomic E-state index is 3.38. The van der Waals surface area contributed by atoms with Gasteiger partial charge in [0.2, 0.25) is 0 Å². The SMILES string of the molecule is CCC1CCNCN1CC. The Kier molecular flexibility index (Phi) is 3.16. The van der Waals surface area contributed by atoms with E-state index in [0.717, 1.165) is 12.7 Å². The molecule has 0 bridgehead atoms. The second kappa shape index (κ2) is 3.94. The van der Waals surface area contributed by atoms with Crippen LogP contribution in [-0.4, -0.2) is 30.7 Å². The van der Waals surface area contributed by atoms with Crippen molar-refractivity contribution in [3.63, 3.8) is 0 Å². The third kappa shape index (κ3) is 1.70. The molecule has 0 radical (unpaired) electrons. The molecule has 1 aliphatic heterocycles. The number of hydrogen-bond donors (Lipinski definition) is 1. The molecule has 0 saturated carbocycles. The highest BCUT2D eigenvalue weighted by molar-refractivity contribution is 4.73. The van der Waals surface area contributed by atoms with Crippen molar-refractivity contribution < 1.29 is 0 Å². The average molecular weight is 142 g/mol. The Hall–Kier alpha value is -0.0800. The maximum Gasteiger partial charge on any atom is 0.0483 e. The quantitative estimate of drug-likeness (QED) is 0.619. The molecule has 1 aliphatic rings. The third-order valence-corrected chi connectivity index (χ3v) is 2.36. The lowest BCUT2D eigenvalue weighted by Crippen LogP contribution is -2.47. The van der Waals surface area contributed by atoms with Crippen LogP contribution < -0.4 is 5.32 Å². The smallest absolute Gasteiger partial charge is 0.0483 e. The van der Waals surface area contributed by atoms with Gasteiger partial charge in [-0.3, -0.25) is 4.90 Å². The molecule has 0 aromatic rings. The predicted octanol–water partition coefficient (Wildman–Crippen LogP) is 1.04. The second-order valence-electron chi connectivity index (χ2n) is 2.91. The summed E-state index contributed by atoms with van der Waals surface area (Å²) in [6.07, 6.45) is 2.62. The van der Waals surface area contributed by atoms with E-state index in [2.05, 4.69) is 24.1 Å². The lowest BCUT2D eigenvalue weighted by Gasteiger charge is -2.34. The molecule has 1 fully saturated rings. The summed E-state index contributed by atoms with van der Waals surface area (Å²) in [5, 5.41) is 3.38. The molecule has 10 heavy (non-hydrogen) atoms. The van der Waals surface area contributed by atoms with Crippen LogP contribution in [0.3, 0.4) is 0 Å². The van der Waals surface area contributed by atoms with Crippen molar-refractivity contribution in [2.24, 2.45) is 0 Å². The largest absolute Gasteiger partial charge is 0.304 e. The van der Waals surface area contributed by atoms with E-state index >= 15 is 0 Å². The molecule has 0 aliphatic carbocycles. The van der Waals surface area contributed by atoms with Crippen LogP contribution in [0.15, 0.2) is 0 Å². The summed E-state index contributed by atoms with van der Waals surface area (Å²) < 4.78 is 0. The Morgan fingerprint density at radius 1 is 1.50 bits per heavy atom. The summed E-state index contributed by atoms with van der Waals surface area (Å²) in [7, 11) is 0. The van der Waals surface area contributed by atoms with Gasteiger partial charge in [0.1, 0.15) is 0 Å². The fraction of sp³-hybridized carbons (Fsp3) is 1.00. The molecule has 2 nitrogen and oxygen atoms in total. The highest BCUT2D eigenvalue weighted by Gasteiger charge is 2.17. The van der Waals surface area contributed by atoms with Crippen molar-refractivity contribution >= 4 is 0 Å². The van der Waals surface area contributed by atoms with E-state index in [-0.39, 0.29) is 0 Å². The zero-order valence-electron chi connectivity index (χ0n) is 7.06. The van der Waals surface area contributed by atoms with Gasteiger partial charge in [0.25, 0.3) is 0 Å². The molecule has 1 unspecified atom stereocenters. The Morgan fingerprint density at radius 3 is 2.80 bits per heavy atom. The zero-order valence-corrected chi connectivity index (χ0v) is 7.06. The minimum atomic E-state index is 0.839. The van der Waals surface area contributed by atoms with Crippen molar-refractivity contribution in [3.8, 4) is 0 Å². The van der Waals surface area contributed by atoms with Crippen LogP contribution in [0.1, 0.15) is 26.7 Å². The lowest BCUT2D eigenvalue weighted by molar-refractivity contribution is 0.143. The maximum absolute atomic E-state index is 3.38. The molecule has 60 valence electrons. The first-order valence-corrected chi connectivity index (χ1v) is 4.33. The summed E-state index contributed by atoms with van der Waals surface area (Å²) >= 11 is 0. The Morgan fingerprint density at radius 2 is 2.30 bits per heavy atom. The van der Waals surface area contributed by atoms with Crippen LogP contribution in [0.4, 0.5) is 0 Å². The Balaban J connectivity index is 2.34. The molecule has 1 saturated heterocycles. The molecule has 1 N–H and O–H groups in total. The fourth-order valence-electron chi connectivity index (χ4n) is 1.64. The monoisotopic (exact) mass is 142 g/mol. The first kappa shape index (κ1) is 8.02. The van der Waals surface area contributed by atoms with E-state index in [1.54, 1.807) is 0 Å². The number of nitrogens with zero attached hydrogens (tertiary/aromatic N) is 1. The Labute approximate surface area is 63.6 Å². The van der Waals surface area contributed by atoms with Crippen LogP contribution in [0.25, 0.3) is 0 Å². The molecule has 0 amide bonds. The van der Waals surface area contributed by atoms with Crippen LogP contribution in [0.5, 0.6) is 0 Å². The van der Waals surface area contributed by atoms with Gasteiger partial charge in [0.15, 0.2) is 0 Å². The van der Waals surface area contributed by atoms with E-state index in [0.29, 0.717) is 0 Å². The molecule has 1 atom stereocenters. The van der Waals surface area contributed by atoms with E-state index in [4.69, 9.17) is 0 Å². The molecule has 0 spiro atoms.